The van der Waals surface area contributed by atoms with Gasteiger partial charge in [0.05, 0.1) is 13.2 Å². The SMILES string of the molecule is O=[N+]([O-])O.O=[N+]([O-])O.O=[N+]([O-])O[C@H]1CO[C@H]2[C@@H]1OC[C@H]2O[N+](=O)[O-]. The van der Waals surface area contributed by atoms with Crippen molar-refractivity contribution in [3.8, 4) is 0 Å². The van der Waals surface area contributed by atoms with Crippen LogP contribution in [-0.4, -0.2) is 68.4 Å². The molecular weight excluding hydrogens is 352 g/mol. The van der Waals surface area contributed by atoms with E-state index in [0.29, 0.717) is 0 Å². The van der Waals surface area contributed by atoms with Gasteiger partial charge in [0.2, 0.25) is 0 Å². The predicted octanol–water partition coefficient (Wildman–Crippen LogP) is -1.76. The highest BCUT2D eigenvalue weighted by Gasteiger charge is 2.51. The van der Waals surface area contributed by atoms with E-state index in [1.807, 2.05) is 0 Å². The van der Waals surface area contributed by atoms with Crippen LogP contribution >= 0.6 is 0 Å². The molecule has 2 heterocycles. The van der Waals surface area contributed by atoms with Gasteiger partial charge in [-0.25, -0.2) is 0 Å². The third-order valence-corrected chi connectivity index (χ3v) is 2.41. The fourth-order valence-corrected chi connectivity index (χ4v) is 1.83. The second-order valence-electron chi connectivity index (χ2n) is 3.81. The summed E-state index contributed by atoms with van der Waals surface area (Å²) < 4.78 is 10.2. The lowest BCUT2D eigenvalue weighted by Gasteiger charge is -2.13. The normalized spacial score (nSPS) is 26.5. The second kappa shape index (κ2) is 9.68. The molecule has 0 spiro atoms. The molecule has 4 atom stereocenters. The zero-order chi connectivity index (χ0) is 18.9. The maximum absolute atomic E-state index is 10.1. The van der Waals surface area contributed by atoms with Gasteiger partial charge >= 0.3 is 0 Å². The van der Waals surface area contributed by atoms with Crippen molar-refractivity contribution in [1.29, 1.82) is 0 Å². The van der Waals surface area contributed by atoms with Crippen molar-refractivity contribution < 1.29 is 49.9 Å². The Balaban J connectivity index is 0.000000558. The Morgan fingerprint density at radius 1 is 0.750 bits per heavy atom. The maximum atomic E-state index is 10.1. The van der Waals surface area contributed by atoms with Crippen LogP contribution in [0, 0.1) is 40.5 Å². The fourth-order valence-electron chi connectivity index (χ4n) is 1.83. The van der Waals surface area contributed by atoms with Gasteiger partial charge in [0.25, 0.3) is 20.3 Å². The van der Waals surface area contributed by atoms with Crippen molar-refractivity contribution in [2.75, 3.05) is 13.2 Å². The van der Waals surface area contributed by atoms with Crippen LogP contribution in [-0.2, 0) is 19.1 Å². The molecule has 18 nitrogen and oxygen atoms in total. The lowest BCUT2D eigenvalue weighted by Crippen LogP contribution is -2.35. The average Bonchev–Trinajstić information content (AvgIpc) is 2.91. The molecule has 138 valence electrons. The molecule has 2 rings (SSSR count). The summed E-state index contributed by atoms with van der Waals surface area (Å²) in [5.41, 5.74) is 0. The van der Waals surface area contributed by atoms with E-state index < -0.39 is 44.8 Å². The minimum absolute atomic E-state index is 0.0477. The van der Waals surface area contributed by atoms with Crippen LogP contribution < -0.4 is 0 Å². The molecule has 2 saturated heterocycles. The Bertz CT molecular complexity index is 420. The fraction of sp³-hybridized carbons (Fsp3) is 1.00. The van der Waals surface area contributed by atoms with Crippen LogP contribution in [0.5, 0.6) is 0 Å². The number of hydrogen-bond donors (Lipinski definition) is 2. The van der Waals surface area contributed by atoms with E-state index in [1.54, 1.807) is 0 Å². The zero-order valence-corrected chi connectivity index (χ0v) is 11.3. The summed E-state index contributed by atoms with van der Waals surface area (Å²) in [6.45, 7) is -0.0955. The van der Waals surface area contributed by atoms with E-state index in [-0.39, 0.29) is 13.2 Å². The molecule has 0 unspecified atom stereocenters. The first-order valence-corrected chi connectivity index (χ1v) is 5.56. The van der Waals surface area contributed by atoms with Crippen molar-refractivity contribution in [2.24, 2.45) is 0 Å². The highest BCUT2D eigenvalue weighted by Crippen LogP contribution is 2.30. The number of hydrogen-bond acceptors (Lipinski definition) is 12. The molecule has 0 aromatic carbocycles. The van der Waals surface area contributed by atoms with Crippen LogP contribution in [0.4, 0.5) is 0 Å². The first kappa shape index (κ1) is 20.7. The summed E-state index contributed by atoms with van der Waals surface area (Å²) in [4.78, 5) is 45.6. The summed E-state index contributed by atoms with van der Waals surface area (Å²) >= 11 is 0. The molecule has 2 aliphatic rings. The van der Waals surface area contributed by atoms with Crippen molar-refractivity contribution in [1.82, 2.24) is 0 Å². The van der Waals surface area contributed by atoms with Crippen LogP contribution in [0.1, 0.15) is 0 Å². The van der Waals surface area contributed by atoms with Gasteiger partial charge in [0.1, 0.15) is 12.2 Å². The van der Waals surface area contributed by atoms with Gasteiger partial charge in [-0.2, -0.15) is 0 Å². The molecular formula is C6H10N4O14. The number of rotatable bonds is 4. The topological polar surface area (TPSA) is 250 Å². The molecule has 0 amide bonds. The number of nitrogens with zero attached hydrogens (tertiary/aromatic N) is 4. The lowest BCUT2D eigenvalue weighted by molar-refractivity contribution is -0.769. The Labute approximate surface area is 129 Å². The number of fused-ring (bicyclic) bond motifs is 1. The monoisotopic (exact) mass is 362 g/mol. The van der Waals surface area contributed by atoms with Crippen molar-refractivity contribution >= 4 is 0 Å². The van der Waals surface area contributed by atoms with E-state index in [1.165, 1.54) is 0 Å². The van der Waals surface area contributed by atoms with Gasteiger partial charge in [-0.3, -0.25) is 0 Å². The number of ether oxygens (including phenoxy) is 2. The molecule has 0 aromatic heterocycles. The molecule has 0 radical (unpaired) electrons. The Hall–Kier alpha value is -3.28. The Morgan fingerprint density at radius 2 is 1.00 bits per heavy atom. The Morgan fingerprint density at radius 3 is 1.21 bits per heavy atom. The zero-order valence-electron chi connectivity index (χ0n) is 11.3. The third-order valence-electron chi connectivity index (χ3n) is 2.41. The van der Waals surface area contributed by atoms with Crippen LogP contribution in [0.3, 0.4) is 0 Å². The smallest absolute Gasteiger partial charge is 0.294 e. The van der Waals surface area contributed by atoms with Gasteiger partial charge in [0.15, 0.2) is 12.2 Å². The standard InChI is InChI=1S/C6H8N2O8.2HNO3/c9-7(10)15-3-1-13-6-4(16-8(11)12)2-14-5(3)6;2*2-1(3)4/h3-6H,1-2H2;2*(H,2,3,4)/t3-,4+,5-,6-;;/m1../s1. The van der Waals surface area contributed by atoms with Gasteiger partial charge in [0, 0.05) is 0 Å². The third kappa shape index (κ3) is 8.23. The minimum atomic E-state index is -1.50. The van der Waals surface area contributed by atoms with E-state index in [4.69, 9.17) is 40.1 Å². The van der Waals surface area contributed by atoms with E-state index >= 15 is 0 Å². The first-order valence-electron chi connectivity index (χ1n) is 5.56. The molecule has 0 aliphatic carbocycles. The van der Waals surface area contributed by atoms with Crippen molar-refractivity contribution in [2.45, 2.75) is 24.4 Å². The highest BCUT2D eigenvalue weighted by atomic mass is 17.0. The van der Waals surface area contributed by atoms with E-state index in [0.717, 1.165) is 0 Å². The van der Waals surface area contributed by atoms with E-state index in [9.17, 15) is 20.2 Å². The first-order chi connectivity index (χ1) is 11.0. The summed E-state index contributed by atoms with van der Waals surface area (Å²) in [5.74, 6) is 0. The van der Waals surface area contributed by atoms with Crippen LogP contribution in [0.25, 0.3) is 0 Å². The summed E-state index contributed by atoms with van der Waals surface area (Å²) in [7, 11) is 0. The molecule has 24 heavy (non-hydrogen) atoms. The predicted molar refractivity (Wildman–Crippen MR) is 60.8 cm³/mol. The lowest BCUT2D eigenvalue weighted by atomic mass is 10.1. The molecule has 0 aromatic rings. The van der Waals surface area contributed by atoms with Gasteiger partial charge in [-0.1, -0.05) is 0 Å². The van der Waals surface area contributed by atoms with Crippen molar-refractivity contribution in [3.63, 3.8) is 0 Å². The van der Waals surface area contributed by atoms with Gasteiger partial charge in [-0.05, 0) is 0 Å². The minimum Gasteiger partial charge on any atom is -0.371 e. The summed E-state index contributed by atoms with van der Waals surface area (Å²) in [6, 6.07) is 0. The van der Waals surface area contributed by atoms with Gasteiger partial charge in [-0.15, -0.1) is 40.5 Å². The molecule has 2 aliphatic heterocycles. The Kier molecular flexibility index (Phi) is 8.36. The quantitative estimate of drug-likeness (QED) is 0.415. The summed E-state index contributed by atoms with van der Waals surface area (Å²) in [5, 5.41) is 45.7. The second-order valence-corrected chi connectivity index (χ2v) is 3.81. The van der Waals surface area contributed by atoms with Crippen molar-refractivity contribution in [3.05, 3.63) is 40.5 Å². The average molecular weight is 362 g/mol. The highest BCUT2D eigenvalue weighted by molar-refractivity contribution is 4.94. The molecule has 18 heteroatoms. The van der Waals surface area contributed by atoms with Gasteiger partial charge < -0.3 is 29.6 Å². The maximum Gasteiger partial charge on any atom is 0.294 e. The summed E-state index contributed by atoms with van der Waals surface area (Å²) in [6.07, 6.45) is -3.12. The largest absolute Gasteiger partial charge is 0.371 e. The van der Waals surface area contributed by atoms with E-state index in [2.05, 4.69) is 9.68 Å². The molecule has 2 N–H and O–H groups in total. The molecule has 0 bridgehead atoms. The van der Waals surface area contributed by atoms with Crippen LogP contribution in [0.15, 0.2) is 0 Å². The van der Waals surface area contributed by atoms with Crippen LogP contribution in [0.2, 0.25) is 0 Å². The molecule has 2 fully saturated rings. The molecule has 0 saturated carbocycles.